The highest BCUT2D eigenvalue weighted by Gasteiger charge is 2.35. The molecule has 7 heteroatoms. The molecule has 7 nitrogen and oxygen atoms in total. The lowest BCUT2D eigenvalue weighted by molar-refractivity contribution is -0.0162. The number of amides is 2. The van der Waals surface area contributed by atoms with Crippen molar-refractivity contribution >= 4 is 12.2 Å². The normalized spacial score (nSPS) is 18.7. The Hall–Kier alpha value is -1.50. The monoisotopic (exact) mass is 372 g/mol. The van der Waals surface area contributed by atoms with E-state index in [9.17, 15) is 9.59 Å². The van der Waals surface area contributed by atoms with Crippen molar-refractivity contribution in [2.75, 3.05) is 33.4 Å². The fourth-order valence-electron chi connectivity index (χ4n) is 2.78. The quantitative estimate of drug-likeness (QED) is 0.689. The Bertz CT molecular complexity index is 468. The lowest BCUT2D eigenvalue weighted by atomic mass is 10.1. The van der Waals surface area contributed by atoms with Crippen LogP contribution in [0.2, 0.25) is 0 Å². The van der Waals surface area contributed by atoms with Gasteiger partial charge in [-0.25, -0.2) is 9.59 Å². The fourth-order valence-corrected chi connectivity index (χ4v) is 2.78. The minimum Gasteiger partial charge on any atom is -0.444 e. The minimum atomic E-state index is -0.542. The lowest BCUT2D eigenvalue weighted by Crippen LogP contribution is -2.57. The Morgan fingerprint density at radius 3 is 2.04 bits per heavy atom. The molecule has 1 aliphatic rings. The first-order chi connectivity index (χ1) is 11.9. The van der Waals surface area contributed by atoms with E-state index in [0.717, 1.165) is 19.3 Å². The Labute approximate surface area is 157 Å². The van der Waals surface area contributed by atoms with Crippen LogP contribution in [0.5, 0.6) is 0 Å². The Kier molecular flexibility index (Phi) is 8.18. The van der Waals surface area contributed by atoms with Gasteiger partial charge in [0.1, 0.15) is 11.2 Å². The zero-order chi connectivity index (χ0) is 20.0. The van der Waals surface area contributed by atoms with Gasteiger partial charge in [0.2, 0.25) is 0 Å². The van der Waals surface area contributed by atoms with Crippen LogP contribution in [0.1, 0.15) is 60.8 Å². The molecule has 0 unspecified atom stereocenters. The molecule has 1 aliphatic heterocycles. The van der Waals surface area contributed by atoms with Crippen LogP contribution < -0.4 is 0 Å². The van der Waals surface area contributed by atoms with Gasteiger partial charge in [0.25, 0.3) is 0 Å². The summed E-state index contributed by atoms with van der Waals surface area (Å²) in [6.45, 7) is 13.2. The molecule has 26 heavy (non-hydrogen) atoms. The second-order valence-electron chi connectivity index (χ2n) is 8.74. The maximum absolute atomic E-state index is 12.6. The number of piperazine rings is 1. The first-order valence-electron chi connectivity index (χ1n) is 9.39. The molecule has 0 saturated carbocycles. The second-order valence-corrected chi connectivity index (χ2v) is 8.74. The topological polar surface area (TPSA) is 68.3 Å². The van der Waals surface area contributed by atoms with Crippen LogP contribution in [0.3, 0.4) is 0 Å². The second kappa shape index (κ2) is 9.44. The molecule has 0 aromatic rings. The Morgan fingerprint density at radius 1 is 0.923 bits per heavy atom. The van der Waals surface area contributed by atoms with Gasteiger partial charge in [0, 0.05) is 33.4 Å². The summed E-state index contributed by atoms with van der Waals surface area (Å²) in [5, 5.41) is 0. The number of carbonyl (C=O) groups is 2. The molecular weight excluding hydrogens is 336 g/mol. The molecule has 152 valence electrons. The molecule has 0 N–H and O–H groups in total. The molecule has 0 aromatic carbocycles. The Morgan fingerprint density at radius 2 is 1.50 bits per heavy atom. The van der Waals surface area contributed by atoms with Crippen molar-refractivity contribution < 1.29 is 23.8 Å². The van der Waals surface area contributed by atoms with Gasteiger partial charge in [0.15, 0.2) is 0 Å². The van der Waals surface area contributed by atoms with E-state index in [1.165, 1.54) is 0 Å². The van der Waals surface area contributed by atoms with Crippen molar-refractivity contribution in [2.24, 2.45) is 0 Å². The molecule has 1 atom stereocenters. The molecule has 0 aliphatic carbocycles. The number of hydrogen-bond donors (Lipinski definition) is 0. The van der Waals surface area contributed by atoms with E-state index in [2.05, 4.69) is 0 Å². The SMILES string of the molecule is COCCCC[C@H]1CN(C(=O)OC(C)(C)C)CCN1C(=O)OC(C)(C)C. The Balaban J connectivity index is 2.76. The molecule has 0 bridgehead atoms. The summed E-state index contributed by atoms with van der Waals surface area (Å²) in [7, 11) is 1.68. The number of unbranched alkanes of at least 4 members (excludes halogenated alkanes) is 1. The van der Waals surface area contributed by atoms with Crippen LogP contribution in [0.4, 0.5) is 9.59 Å². The highest BCUT2D eigenvalue weighted by molar-refractivity contribution is 5.71. The van der Waals surface area contributed by atoms with Crippen molar-refractivity contribution in [3.05, 3.63) is 0 Å². The predicted octanol–water partition coefficient (Wildman–Crippen LogP) is 3.66. The van der Waals surface area contributed by atoms with Crippen molar-refractivity contribution in [1.29, 1.82) is 0 Å². The van der Waals surface area contributed by atoms with Gasteiger partial charge in [-0.1, -0.05) is 0 Å². The van der Waals surface area contributed by atoms with Gasteiger partial charge in [-0.2, -0.15) is 0 Å². The predicted molar refractivity (Wildman–Crippen MR) is 100 cm³/mol. The van der Waals surface area contributed by atoms with Gasteiger partial charge in [-0.3, -0.25) is 0 Å². The van der Waals surface area contributed by atoms with Gasteiger partial charge in [0.05, 0.1) is 6.04 Å². The standard InChI is InChI=1S/C19H36N2O5/c1-18(2,3)25-16(22)20-11-12-21(17(23)26-19(4,5)6)15(14-20)10-8-9-13-24-7/h15H,8-14H2,1-7H3/t15-/m0/s1. The zero-order valence-electron chi connectivity index (χ0n) is 17.5. The third-order valence-corrected chi connectivity index (χ3v) is 3.90. The maximum atomic E-state index is 12.6. The summed E-state index contributed by atoms with van der Waals surface area (Å²) in [5.74, 6) is 0. The smallest absolute Gasteiger partial charge is 0.410 e. The van der Waals surface area contributed by atoms with Crippen LogP contribution >= 0.6 is 0 Å². The van der Waals surface area contributed by atoms with Crippen molar-refractivity contribution in [2.45, 2.75) is 78.0 Å². The van der Waals surface area contributed by atoms with Crippen LogP contribution in [-0.2, 0) is 14.2 Å². The highest BCUT2D eigenvalue weighted by atomic mass is 16.6. The summed E-state index contributed by atoms with van der Waals surface area (Å²) < 4.78 is 16.1. The van der Waals surface area contributed by atoms with Crippen molar-refractivity contribution in [1.82, 2.24) is 9.80 Å². The molecule has 2 amide bonds. The zero-order valence-corrected chi connectivity index (χ0v) is 17.5. The third kappa shape index (κ3) is 8.25. The van der Waals surface area contributed by atoms with E-state index in [4.69, 9.17) is 14.2 Å². The molecule has 0 aromatic heterocycles. The van der Waals surface area contributed by atoms with Crippen LogP contribution in [0.15, 0.2) is 0 Å². The molecule has 1 fully saturated rings. The maximum Gasteiger partial charge on any atom is 0.410 e. The van der Waals surface area contributed by atoms with E-state index >= 15 is 0 Å². The molecule has 1 saturated heterocycles. The van der Waals surface area contributed by atoms with E-state index < -0.39 is 11.2 Å². The summed E-state index contributed by atoms with van der Waals surface area (Å²) in [5.41, 5.74) is -1.08. The van der Waals surface area contributed by atoms with Gasteiger partial charge in [-0.05, 0) is 60.8 Å². The average molecular weight is 373 g/mol. The van der Waals surface area contributed by atoms with Crippen LogP contribution in [0.25, 0.3) is 0 Å². The lowest BCUT2D eigenvalue weighted by Gasteiger charge is -2.42. The number of nitrogens with zero attached hydrogens (tertiary/aromatic N) is 2. The van der Waals surface area contributed by atoms with Crippen molar-refractivity contribution in [3.63, 3.8) is 0 Å². The third-order valence-electron chi connectivity index (χ3n) is 3.90. The highest BCUT2D eigenvalue weighted by Crippen LogP contribution is 2.21. The summed E-state index contributed by atoms with van der Waals surface area (Å²) in [6.07, 6.45) is 1.98. The largest absolute Gasteiger partial charge is 0.444 e. The van der Waals surface area contributed by atoms with Gasteiger partial charge >= 0.3 is 12.2 Å². The molecular formula is C19H36N2O5. The number of rotatable bonds is 5. The van der Waals surface area contributed by atoms with E-state index in [1.54, 1.807) is 16.9 Å². The average Bonchev–Trinajstić information content (AvgIpc) is 2.48. The molecule has 0 radical (unpaired) electrons. The summed E-state index contributed by atoms with van der Waals surface area (Å²) >= 11 is 0. The summed E-state index contributed by atoms with van der Waals surface area (Å²) in [6, 6.07) is -0.0806. The van der Waals surface area contributed by atoms with E-state index in [1.807, 2.05) is 41.5 Å². The number of hydrogen-bond acceptors (Lipinski definition) is 5. The van der Waals surface area contributed by atoms with Gasteiger partial charge < -0.3 is 24.0 Å². The van der Waals surface area contributed by atoms with Crippen LogP contribution in [0, 0.1) is 0 Å². The van der Waals surface area contributed by atoms with E-state index in [-0.39, 0.29) is 18.2 Å². The summed E-state index contributed by atoms with van der Waals surface area (Å²) in [4.78, 5) is 28.4. The number of carbonyl (C=O) groups excluding carboxylic acids is 2. The first kappa shape index (κ1) is 22.5. The van der Waals surface area contributed by atoms with Crippen LogP contribution in [-0.4, -0.2) is 72.6 Å². The number of methoxy groups -OCH3 is 1. The minimum absolute atomic E-state index is 0.0806. The van der Waals surface area contributed by atoms with Gasteiger partial charge in [-0.15, -0.1) is 0 Å². The van der Waals surface area contributed by atoms with E-state index in [0.29, 0.717) is 26.2 Å². The molecule has 0 spiro atoms. The van der Waals surface area contributed by atoms with Crippen molar-refractivity contribution in [3.8, 4) is 0 Å². The molecule has 1 rings (SSSR count). The molecule has 1 heterocycles. The fraction of sp³-hybridized carbons (Fsp3) is 0.895. The number of ether oxygens (including phenoxy) is 3. The first-order valence-corrected chi connectivity index (χ1v) is 9.39.